The molecule has 1 rings (SSSR count). The summed E-state index contributed by atoms with van der Waals surface area (Å²) in [7, 11) is 2.90. The molecule has 118 valence electrons. The van der Waals surface area contributed by atoms with Crippen molar-refractivity contribution in [2.24, 2.45) is 0 Å². The Balaban J connectivity index is 3.26. The summed E-state index contributed by atoms with van der Waals surface area (Å²) in [6, 6.07) is 2.62. The van der Waals surface area contributed by atoms with Crippen molar-refractivity contribution >= 4 is 37.2 Å². The van der Waals surface area contributed by atoms with Crippen LogP contribution in [0.1, 0.15) is 29.8 Å². The van der Waals surface area contributed by atoms with E-state index in [-0.39, 0.29) is 21.0 Å². The van der Waals surface area contributed by atoms with E-state index in [1.54, 1.807) is 13.8 Å². The zero-order chi connectivity index (χ0) is 16.4. The van der Waals surface area contributed by atoms with Crippen molar-refractivity contribution in [3.8, 4) is 0 Å². The quantitative estimate of drug-likeness (QED) is 0.826. The molecule has 1 aromatic carbocycles. The van der Waals surface area contributed by atoms with E-state index in [2.05, 4.69) is 5.32 Å². The Morgan fingerprint density at radius 2 is 1.95 bits per heavy atom. The van der Waals surface area contributed by atoms with Crippen LogP contribution in [0.25, 0.3) is 0 Å². The molecule has 1 amide bonds. The third-order valence-corrected chi connectivity index (χ3v) is 4.46. The number of carbonyl (C=O) groups excluding carboxylic acids is 1. The summed E-state index contributed by atoms with van der Waals surface area (Å²) in [5, 5.41) is 2.88. The highest BCUT2D eigenvalue weighted by Gasteiger charge is 2.25. The zero-order valence-corrected chi connectivity index (χ0v) is 14.5. The van der Waals surface area contributed by atoms with Crippen LogP contribution in [-0.2, 0) is 13.8 Å². The van der Waals surface area contributed by atoms with Crippen molar-refractivity contribution in [1.82, 2.24) is 5.32 Å². The molecule has 0 atom stereocenters. The van der Waals surface area contributed by atoms with Gasteiger partial charge in [-0.2, -0.15) is 0 Å². The second-order valence-electron chi connectivity index (χ2n) is 5.29. The molecule has 0 aliphatic rings. The Bertz CT molecular complexity index is 656. The van der Waals surface area contributed by atoms with Gasteiger partial charge in [0.1, 0.15) is 0 Å². The lowest BCUT2D eigenvalue weighted by molar-refractivity contribution is 0.0819. The van der Waals surface area contributed by atoms with Gasteiger partial charge in [-0.1, -0.05) is 11.6 Å². The standard InChI is InChI=1S/C13H17Cl2NO4S/c1-8-10(12(17)16-13(2,3)7-20-4)5-9(14)6-11(8)21(15,18)19/h5-6H,7H2,1-4H3,(H,16,17). The van der Waals surface area contributed by atoms with Gasteiger partial charge < -0.3 is 10.1 Å². The zero-order valence-electron chi connectivity index (χ0n) is 12.2. The minimum Gasteiger partial charge on any atom is -0.382 e. The van der Waals surface area contributed by atoms with Crippen LogP contribution in [0.3, 0.4) is 0 Å². The van der Waals surface area contributed by atoms with Crippen molar-refractivity contribution in [3.05, 3.63) is 28.3 Å². The van der Waals surface area contributed by atoms with Gasteiger partial charge in [0, 0.05) is 28.4 Å². The fraction of sp³-hybridized carbons (Fsp3) is 0.462. The van der Waals surface area contributed by atoms with Crippen molar-refractivity contribution in [2.75, 3.05) is 13.7 Å². The molecular weight excluding hydrogens is 337 g/mol. The second kappa shape index (κ2) is 6.52. The number of hydrogen-bond acceptors (Lipinski definition) is 4. The van der Waals surface area contributed by atoms with Crippen LogP contribution in [0.4, 0.5) is 0 Å². The van der Waals surface area contributed by atoms with Crippen LogP contribution in [-0.4, -0.2) is 33.6 Å². The Hall–Kier alpha value is -0.820. The summed E-state index contributed by atoms with van der Waals surface area (Å²) >= 11 is 5.88. The first-order valence-corrected chi connectivity index (χ1v) is 8.73. The first-order valence-electron chi connectivity index (χ1n) is 6.04. The van der Waals surface area contributed by atoms with Gasteiger partial charge in [-0.25, -0.2) is 8.42 Å². The summed E-state index contributed by atoms with van der Waals surface area (Å²) in [4.78, 5) is 12.1. The molecular formula is C13H17Cl2NO4S. The molecule has 0 saturated heterocycles. The number of halogens is 2. The maximum atomic E-state index is 12.3. The van der Waals surface area contributed by atoms with E-state index in [0.29, 0.717) is 6.61 Å². The maximum Gasteiger partial charge on any atom is 0.261 e. The van der Waals surface area contributed by atoms with Crippen LogP contribution in [0.2, 0.25) is 5.02 Å². The number of methoxy groups -OCH3 is 1. The third-order valence-electron chi connectivity index (χ3n) is 2.79. The predicted molar refractivity (Wildman–Crippen MR) is 82.6 cm³/mol. The molecule has 1 N–H and O–H groups in total. The molecule has 5 nitrogen and oxygen atoms in total. The smallest absolute Gasteiger partial charge is 0.261 e. The Labute approximate surface area is 134 Å². The molecule has 0 spiro atoms. The SMILES string of the molecule is COCC(C)(C)NC(=O)c1cc(Cl)cc(S(=O)(=O)Cl)c1C. The lowest BCUT2D eigenvalue weighted by atomic mass is 10.0. The van der Waals surface area contributed by atoms with Gasteiger partial charge >= 0.3 is 0 Å². The number of ether oxygens (including phenoxy) is 1. The lowest BCUT2D eigenvalue weighted by Crippen LogP contribution is -2.47. The van der Waals surface area contributed by atoms with Crippen LogP contribution >= 0.6 is 22.3 Å². The summed E-state index contributed by atoms with van der Waals surface area (Å²) in [6.07, 6.45) is 0. The molecule has 0 aromatic heterocycles. The van der Waals surface area contributed by atoms with E-state index >= 15 is 0 Å². The molecule has 0 fully saturated rings. The van der Waals surface area contributed by atoms with Crippen molar-refractivity contribution < 1.29 is 17.9 Å². The normalized spacial score (nSPS) is 12.3. The number of amides is 1. The molecule has 0 aliphatic carbocycles. The van der Waals surface area contributed by atoms with Gasteiger partial charge in [0.15, 0.2) is 0 Å². The van der Waals surface area contributed by atoms with Crippen molar-refractivity contribution in [2.45, 2.75) is 31.2 Å². The molecule has 0 radical (unpaired) electrons. The first-order chi connectivity index (χ1) is 9.48. The van der Waals surface area contributed by atoms with E-state index in [0.717, 1.165) is 0 Å². The third kappa shape index (κ3) is 4.85. The molecule has 21 heavy (non-hydrogen) atoms. The average molecular weight is 354 g/mol. The Morgan fingerprint density at radius 1 is 1.38 bits per heavy atom. The molecule has 8 heteroatoms. The predicted octanol–water partition coefficient (Wildman–Crippen LogP) is 2.73. The van der Waals surface area contributed by atoms with Gasteiger partial charge in [-0.05, 0) is 38.5 Å². The van der Waals surface area contributed by atoms with Crippen LogP contribution in [0.15, 0.2) is 17.0 Å². The lowest BCUT2D eigenvalue weighted by Gasteiger charge is -2.25. The van der Waals surface area contributed by atoms with E-state index in [4.69, 9.17) is 27.0 Å². The van der Waals surface area contributed by atoms with E-state index in [1.165, 1.54) is 26.2 Å². The number of hydrogen-bond donors (Lipinski definition) is 1. The highest BCUT2D eigenvalue weighted by atomic mass is 35.7. The van der Waals surface area contributed by atoms with E-state index < -0.39 is 20.5 Å². The number of benzene rings is 1. The van der Waals surface area contributed by atoms with Crippen LogP contribution in [0, 0.1) is 6.92 Å². The molecule has 0 unspecified atom stereocenters. The summed E-state index contributed by atoms with van der Waals surface area (Å²) < 4.78 is 28.1. The summed E-state index contributed by atoms with van der Waals surface area (Å²) in [5.41, 5.74) is -0.202. The van der Waals surface area contributed by atoms with Gasteiger partial charge in [0.2, 0.25) is 0 Å². The largest absolute Gasteiger partial charge is 0.382 e. The van der Waals surface area contributed by atoms with Gasteiger partial charge in [0.25, 0.3) is 15.0 Å². The van der Waals surface area contributed by atoms with E-state index in [1.807, 2.05) is 0 Å². The van der Waals surface area contributed by atoms with Gasteiger partial charge in [-0.15, -0.1) is 0 Å². The monoisotopic (exact) mass is 353 g/mol. The summed E-state index contributed by atoms with van der Waals surface area (Å²) in [6.45, 7) is 5.38. The minimum atomic E-state index is -3.98. The van der Waals surface area contributed by atoms with Crippen LogP contribution in [0.5, 0.6) is 0 Å². The van der Waals surface area contributed by atoms with Crippen molar-refractivity contribution in [1.29, 1.82) is 0 Å². The first kappa shape index (κ1) is 18.2. The van der Waals surface area contributed by atoms with Gasteiger partial charge in [0.05, 0.1) is 17.0 Å². The Kier molecular flexibility index (Phi) is 5.66. The molecule has 1 aromatic rings. The number of nitrogens with one attached hydrogen (secondary N) is 1. The maximum absolute atomic E-state index is 12.3. The molecule has 0 bridgehead atoms. The second-order valence-corrected chi connectivity index (χ2v) is 8.26. The van der Waals surface area contributed by atoms with Crippen molar-refractivity contribution in [3.63, 3.8) is 0 Å². The number of carbonyl (C=O) groups is 1. The van der Waals surface area contributed by atoms with E-state index in [9.17, 15) is 13.2 Å². The topological polar surface area (TPSA) is 72.5 Å². The Morgan fingerprint density at radius 3 is 2.43 bits per heavy atom. The minimum absolute atomic E-state index is 0.120. The number of rotatable bonds is 5. The highest BCUT2D eigenvalue weighted by Crippen LogP contribution is 2.27. The average Bonchev–Trinajstić information content (AvgIpc) is 2.29. The fourth-order valence-corrected chi connectivity index (χ4v) is 3.42. The highest BCUT2D eigenvalue weighted by molar-refractivity contribution is 8.13. The molecule has 0 aliphatic heterocycles. The van der Waals surface area contributed by atoms with Gasteiger partial charge in [-0.3, -0.25) is 4.79 Å². The summed E-state index contributed by atoms with van der Waals surface area (Å²) in [5.74, 6) is -0.446. The molecule has 0 heterocycles. The fourth-order valence-electron chi connectivity index (χ4n) is 1.91. The molecule has 0 saturated carbocycles. The van der Waals surface area contributed by atoms with Crippen LogP contribution < -0.4 is 5.32 Å².